The van der Waals surface area contributed by atoms with Gasteiger partial charge in [-0.05, 0) is 55.6 Å². The molecule has 162 valence electrons. The van der Waals surface area contributed by atoms with Crippen LogP contribution in [0.5, 0.6) is 0 Å². The lowest BCUT2D eigenvalue weighted by atomic mass is 9.53. The zero-order valence-electron chi connectivity index (χ0n) is 18.0. The lowest BCUT2D eigenvalue weighted by Gasteiger charge is -2.51. The van der Waals surface area contributed by atoms with Crippen molar-refractivity contribution < 1.29 is 14.3 Å². The summed E-state index contributed by atoms with van der Waals surface area (Å²) in [6.45, 7) is 8.08. The summed E-state index contributed by atoms with van der Waals surface area (Å²) in [7, 11) is 0. The van der Waals surface area contributed by atoms with Crippen molar-refractivity contribution in [2.24, 2.45) is 23.2 Å². The second-order valence-electron chi connectivity index (χ2n) is 10.6. The van der Waals surface area contributed by atoms with Gasteiger partial charge in [-0.1, -0.05) is 13.0 Å². The number of hydrogen-bond donors (Lipinski definition) is 0. The third kappa shape index (κ3) is 3.06. The molecule has 1 spiro atoms. The maximum absolute atomic E-state index is 12.9. The van der Waals surface area contributed by atoms with Crippen LogP contribution in [-0.2, 0) is 14.3 Å². The fourth-order valence-electron chi connectivity index (χ4n) is 7.14. The first-order chi connectivity index (χ1) is 14.6. The van der Waals surface area contributed by atoms with Gasteiger partial charge < -0.3 is 14.4 Å². The van der Waals surface area contributed by atoms with Gasteiger partial charge in [0.1, 0.15) is 11.9 Å². The van der Waals surface area contributed by atoms with Crippen LogP contribution in [0, 0.1) is 23.2 Å². The van der Waals surface area contributed by atoms with Gasteiger partial charge in [-0.15, -0.1) is 0 Å². The molecule has 0 N–H and O–H groups in total. The van der Waals surface area contributed by atoms with E-state index in [1.807, 2.05) is 18.3 Å². The molecule has 0 bridgehead atoms. The van der Waals surface area contributed by atoms with Gasteiger partial charge >= 0.3 is 5.97 Å². The largest absolute Gasteiger partial charge is 0.462 e. The highest BCUT2D eigenvalue weighted by atomic mass is 16.6. The number of pyridine rings is 1. The Bertz CT molecular complexity index is 805. The maximum Gasteiger partial charge on any atom is 0.310 e. The Hall–Kier alpha value is -1.66. The molecule has 4 heterocycles. The summed E-state index contributed by atoms with van der Waals surface area (Å²) in [5.41, 5.74) is 0.405. The molecule has 6 nitrogen and oxygen atoms in total. The van der Waals surface area contributed by atoms with Gasteiger partial charge in [-0.2, -0.15) is 0 Å². The van der Waals surface area contributed by atoms with Gasteiger partial charge in [0.2, 0.25) is 0 Å². The molecule has 0 unspecified atom stereocenters. The van der Waals surface area contributed by atoms with Crippen LogP contribution in [0.1, 0.15) is 39.0 Å². The number of nitrogens with zero attached hydrogens (tertiary/aromatic N) is 3. The molecule has 3 saturated heterocycles. The van der Waals surface area contributed by atoms with Crippen LogP contribution in [0.4, 0.5) is 5.82 Å². The summed E-state index contributed by atoms with van der Waals surface area (Å²) in [5, 5.41) is 0. The molecule has 0 radical (unpaired) electrons. The van der Waals surface area contributed by atoms with E-state index < -0.39 is 0 Å². The highest BCUT2D eigenvalue weighted by molar-refractivity contribution is 5.75. The SMILES string of the molecule is C[C@]12CCC[C@]3(CO3)[C@@H]1C[C@H]1[C@@H](C2)OC(=O)[C@@H]1CN1CCN(c2ccccn2)CC1. The number of carbonyl (C=O) groups excluding carboxylic acids is 1. The summed E-state index contributed by atoms with van der Waals surface area (Å²) < 4.78 is 12.0. The molecule has 1 aromatic heterocycles. The Morgan fingerprint density at radius 3 is 2.77 bits per heavy atom. The number of esters is 1. The zero-order chi connectivity index (χ0) is 20.3. The van der Waals surface area contributed by atoms with Crippen molar-refractivity contribution in [3.05, 3.63) is 24.4 Å². The van der Waals surface area contributed by atoms with Gasteiger partial charge in [0.15, 0.2) is 0 Å². The Morgan fingerprint density at radius 1 is 1.20 bits per heavy atom. The first-order valence-electron chi connectivity index (χ1n) is 11.8. The normalized spacial score (nSPS) is 43.2. The predicted molar refractivity (Wildman–Crippen MR) is 113 cm³/mol. The number of aromatic nitrogens is 1. The van der Waals surface area contributed by atoms with Crippen molar-refractivity contribution in [2.45, 2.75) is 50.7 Å². The minimum atomic E-state index is 0.0266. The van der Waals surface area contributed by atoms with Crippen LogP contribution in [0.2, 0.25) is 0 Å². The zero-order valence-corrected chi connectivity index (χ0v) is 18.0. The second kappa shape index (κ2) is 6.92. The number of anilines is 1. The smallest absolute Gasteiger partial charge is 0.310 e. The third-order valence-electron chi connectivity index (χ3n) is 8.88. The topological polar surface area (TPSA) is 58.2 Å². The molecule has 6 atom stereocenters. The van der Waals surface area contributed by atoms with Gasteiger partial charge in [0, 0.05) is 44.8 Å². The van der Waals surface area contributed by atoms with Crippen molar-refractivity contribution >= 4 is 11.8 Å². The van der Waals surface area contributed by atoms with Crippen molar-refractivity contribution in [3.8, 4) is 0 Å². The average Bonchev–Trinajstić information content (AvgIpc) is 3.46. The lowest BCUT2D eigenvalue weighted by molar-refractivity contribution is -0.147. The molecular weight excluding hydrogens is 378 g/mol. The Balaban J connectivity index is 1.12. The minimum absolute atomic E-state index is 0.0266. The van der Waals surface area contributed by atoms with Crippen LogP contribution in [0.3, 0.4) is 0 Å². The molecule has 0 aromatic carbocycles. The first-order valence-corrected chi connectivity index (χ1v) is 11.8. The standard InChI is InChI=1S/C24H33N3O3/c1-23-6-4-7-24(16-29-24)20(23)13-17-18(22(28)30-19(17)14-23)15-26-9-11-27(12-10-26)21-5-2-3-8-25-21/h2-3,5,8,17-20H,4,6-7,9-16H2,1H3/t17-,18-,19-,20-,23-,24+/m1/s1. The van der Waals surface area contributed by atoms with E-state index in [2.05, 4.69) is 27.8 Å². The molecule has 6 rings (SSSR count). The molecule has 30 heavy (non-hydrogen) atoms. The van der Waals surface area contributed by atoms with Crippen molar-refractivity contribution in [3.63, 3.8) is 0 Å². The molecule has 6 heteroatoms. The van der Waals surface area contributed by atoms with E-state index in [1.165, 1.54) is 19.3 Å². The van der Waals surface area contributed by atoms with Crippen molar-refractivity contribution in [2.75, 3.05) is 44.2 Å². The molecule has 1 aromatic rings. The van der Waals surface area contributed by atoms with E-state index in [0.717, 1.165) is 58.0 Å². The molecule has 2 saturated carbocycles. The van der Waals surface area contributed by atoms with Crippen LogP contribution in [-0.4, -0.2) is 66.9 Å². The Morgan fingerprint density at radius 2 is 2.03 bits per heavy atom. The van der Waals surface area contributed by atoms with Gasteiger partial charge in [-0.3, -0.25) is 9.69 Å². The highest BCUT2D eigenvalue weighted by Gasteiger charge is 2.65. The highest BCUT2D eigenvalue weighted by Crippen LogP contribution is 2.62. The van der Waals surface area contributed by atoms with E-state index in [-0.39, 0.29) is 29.0 Å². The number of hydrogen-bond acceptors (Lipinski definition) is 6. The Labute approximate surface area is 178 Å². The molecule has 3 aliphatic heterocycles. The predicted octanol–water partition coefficient (Wildman–Crippen LogP) is 2.73. The van der Waals surface area contributed by atoms with Crippen molar-refractivity contribution in [1.29, 1.82) is 0 Å². The van der Waals surface area contributed by atoms with E-state index in [0.29, 0.717) is 11.8 Å². The minimum Gasteiger partial charge on any atom is -0.462 e. The van der Waals surface area contributed by atoms with E-state index in [9.17, 15) is 4.79 Å². The number of epoxide rings is 1. The lowest BCUT2D eigenvalue weighted by Crippen LogP contribution is -2.52. The quantitative estimate of drug-likeness (QED) is 0.563. The average molecular weight is 412 g/mol. The molecular formula is C24H33N3O3. The second-order valence-corrected chi connectivity index (χ2v) is 10.6. The summed E-state index contributed by atoms with van der Waals surface area (Å²) in [6.07, 6.45) is 7.82. The van der Waals surface area contributed by atoms with Crippen molar-refractivity contribution in [1.82, 2.24) is 9.88 Å². The fraction of sp³-hybridized carbons (Fsp3) is 0.750. The molecule has 2 aliphatic carbocycles. The summed E-state index contributed by atoms with van der Waals surface area (Å²) in [6, 6.07) is 6.08. The first kappa shape index (κ1) is 19.1. The summed E-state index contributed by atoms with van der Waals surface area (Å²) >= 11 is 0. The molecule has 5 aliphatic rings. The number of carbonyl (C=O) groups is 1. The number of ether oxygens (including phenoxy) is 2. The van der Waals surface area contributed by atoms with E-state index in [1.54, 1.807) is 0 Å². The van der Waals surface area contributed by atoms with Gasteiger partial charge in [0.05, 0.1) is 18.1 Å². The molecule has 0 amide bonds. The number of rotatable bonds is 3. The monoisotopic (exact) mass is 411 g/mol. The summed E-state index contributed by atoms with van der Waals surface area (Å²) in [5.74, 6) is 2.08. The maximum atomic E-state index is 12.9. The van der Waals surface area contributed by atoms with Crippen LogP contribution < -0.4 is 4.90 Å². The number of fused-ring (bicyclic) bond motifs is 3. The Kier molecular flexibility index (Phi) is 4.40. The number of piperazine rings is 1. The molecule has 5 fully saturated rings. The summed E-state index contributed by atoms with van der Waals surface area (Å²) in [4.78, 5) is 22.2. The fourth-order valence-corrected chi connectivity index (χ4v) is 7.14. The van der Waals surface area contributed by atoms with Crippen LogP contribution in [0.25, 0.3) is 0 Å². The van der Waals surface area contributed by atoms with Crippen LogP contribution in [0.15, 0.2) is 24.4 Å². The van der Waals surface area contributed by atoms with Crippen LogP contribution >= 0.6 is 0 Å². The van der Waals surface area contributed by atoms with E-state index >= 15 is 0 Å². The van der Waals surface area contributed by atoms with E-state index in [4.69, 9.17) is 9.47 Å². The van der Waals surface area contributed by atoms with Gasteiger partial charge in [-0.25, -0.2) is 4.98 Å². The third-order valence-corrected chi connectivity index (χ3v) is 8.88. The van der Waals surface area contributed by atoms with Gasteiger partial charge in [0.25, 0.3) is 0 Å².